The molecule has 0 fully saturated rings. The van der Waals surface area contributed by atoms with E-state index < -0.39 is 0 Å². The normalized spacial score (nSPS) is 10.9. The molecular formula is C16H12FN7O. The number of halogens is 1. The molecule has 3 N–H and O–H groups in total. The molecule has 0 aliphatic rings. The molecule has 0 spiro atoms. The molecule has 4 aromatic rings. The number of aromatic amines is 2. The Morgan fingerprint density at radius 3 is 2.68 bits per heavy atom. The summed E-state index contributed by atoms with van der Waals surface area (Å²) in [6.07, 6.45) is 0. The van der Waals surface area contributed by atoms with Gasteiger partial charge in [0.2, 0.25) is 0 Å². The van der Waals surface area contributed by atoms with Crippen LogP contribution in [0.1, 0.15) is 16.2 Å². The highest BCUT2D eigenvalue weighted by Gasteiger charge is 2.10. The van der Waals surface area contributed by atoms with Crippen molar-refractivity contribution in [2.24, 2.45) is 0 Å². The smallest absolute Gasteiger partial charge is 0.251 e. The van der Waals surface area contributed by atoms with Crippen LogP contribution in [0.3, 0.4) is 0 Å². The minimum atomic E-state index is -0.323. The lowest BCUT2D eigenvalue weighted by molar-refractivity contribution is 0.0950. The quantitative estimate of drug-likeness (QED) is 0.526. The van der Waals surface area contributed by atoms with Crippen LogP contribution in [0, 0.1) is 5.82 Å². The van der Waals surface area contributed by atoms with E-state index in [-0.39, 0.29) is 18.3 Å². The topological polar surface area (TPSA) is 112 Å². The van der Waals surface area contributed by atoms with E-state index in [2.05, 4.69) is 35.9 Å². The molecule has 0 aliphatic heterocycles. The molecule has 0 aliphatic carbocycles. The average molecular weight is 337 g/mol. The lowest BCUT2D eigenvalue weighted by atomic mass is 10.2. The van der Waals surface area contributed by atoms with E-state index in [0.717, 1.165) is 0 Å². The second-order valence-corrected chi connectivity index (χ2v) is 5.32. The average Bonchev–Trinajstić information content (AvgIpc) is 3.29. The zero-order valence-electron chi connectivity index (χ0n) is 12.8. The van der Waals surface area contributed by atoms with E-state index >= 15 is 0 Å². The third kappa shape index (κ3) is 3.07. The van der Waals surface area contributed by atoms with Gasteiger partial charge in [-0.15, -0.1) is 0 Å². The summed E-state index contributed by atoms with van der Waals surface area (Å²) in [7, 11) is 0. The number of hydrogen-bond donors (Lipinski definition) is 3. The molecule has 1 amide bonds. The summed E-state index contributed by atoms with van der Waals surface area (Å²) in [5.74, 6) is 0.351. The van der Waals surface area contributed by atoms with Crippen LogP contribution < -0.4 is 5.32 Å². The number of hydrogen-bond acceptors (Lipinski definition) is 5. The molecule has 124 valence electrons. The molecule has 2 heterocycles. The minimum Gasteiger partial charge on any atom is -0.345 e. The predicted octanol–water partition coefficient (Wildman–Crippen LogP) is 1.81. The van der Waals surface area contributed by atoms with Gasteiger partial charge in [0.25, 0.3) is 5.91 Å². The number of benzene rings is 2. The van der Waals surface area contributed by atoms with Crippen LogP contribution in [0.4, 0.5) is 4.39 Å². The largest absolute Gasteiger partial charge is 0.345 e. The second kappa shape index (κ2) is 6.11. The van der Waals surface area contributed by atoms with Gasteiger partial charge in [0.15, 0.2) is 5.82 Å². The number of carbonyl (C=O) groups excluding carboxylic acids is 1. The molecule has 25 heavy (non-hydrogen) atoms. The highest BCUT2D eigenvalue weighted by atomic mass is 19.1. The van der Waals surface area contributed by atoms with Crippen molar-refractivity contribution in [1.29, 1.82) is 0 Å². The van der Waals surface area contributed by atoms with Crippen molar-refractivity contribution in [2.45, 2.75) is 6.54 Å². The first-order valence-electron chi connectivity index (χ1n) is 7.45. The van der Waals surface area contributed by atoms with Gasteiger partial charge in [0.05, 0.1) is 6.54 Å². The summed E-state index contributed by atoms with van der Waals surface area (Å²) in [4.78, 5) is 16.5. The molecule has 0 bridgehead atoms. The fourth-order valence-corrected chi connectivity index (χ4v) is 2.35. The Balaban J connectivity index is 1.44. The van der Waals surface area contributed by atoms with Crippen molar-refractivity contribution in [3.05, 3.63) is 59.7 Å². The van der Waals surface area contributed by atoms with Crippen LogP contribution in [0.2, 0.25) is 0 Å². The van der Waals surface area contributed by atoms with E-state index in [1.165, 1.54) is 12.1 Å². The Morgan fingerprint density at radius 2 is 1.84 bits per heavy atom. The predicted molar refractivity (Wildman–Crippen MR) is 86.8 cm³/mol. The molecule has 0 unspecified atom stereocenters. The highest BCUT2D eigenvalue weighted by molar-refractivity contribution is 5.97. The summed E-state index contributed by atoms with van der Waals surface area (Å²) in [5.41, 5.74) is 2.47. The first-order valence-corrected chi connectivity index (χ1v) is 7.45. The van der Waals surface area contributed by atoms with Gasteiger partial charge in [-0.05, 0) is 42.5 Å². The number of aromatic nitrogens is 6. The molecule has 0 saturated carbocycles. The molecule has 0 saturated heterocycles. The monoisotopic (exact) mass is 337 g/mol. The number of H-pyrrole nitrogens is 2. The summed E-state index contributed by atoms with van der Waals surface area (Å²) < 4.78 is 12.9. The third-order valence-corrected chi connectivity index (χ3v) is 3.63. The van der Waals surface area contributed by atoms with Crippen molar-refractivity contribution in [2.75, 3.05) is 0 Å². The summed E-state index contributed by atoms with van der Waals surface area (Å²) in [5, 5.41) is 20.0. The lowest BCUT2D eigenvalue weighted by Gasteiger charge is -2.02. The van der Waals surface area contributed by atoms with Gasteiger partial charge < -0.3 is 5.32 Å². The SMILES string of the molecule is O=C(NCc1nc(-c2ccc(F)cc2)n[nH]1)c1ccc2n[nH]nc2c1. The maximum absolute atomic E-state index is 12.9. The Bertz CT molecular complexity index is 1040. The number of carbonyl (C=O) groups is 1. The van der Waals surface area contributed by atoms with Crippen LogP contribution in [0.25, 0.3) is 22.4 Å². The molecule has 2 aromatic carbocycles. The van der Waals surface area contributed by atoms with Gasteiger partial charge in [0.1, 0.15) is 22.7 Å². The van der Waals surface area contributed by atoms with Crippen molar-refractivity contribution < 1.29 is 9.18 Å². The van der Waals surface area contributed by atoms with E-state index in [1.54, 1.807) is 30.3 Å². The van der Waals surface area contributed by atoms with Gasteiger partial charge in [-0.2, -0.15) is 20.5 Å². The summed E-state index contributed by atoms with van der Waals surface area (Å²) in [6.45, 7) is 0.184. The van der Waals surface area contributed by atoms with Crippen LogP contribution in [0.5, 0.6) is 0 Å². The minimum absolute atomic E-state index is 0.184. The van der Waals surface area contributed by atoms with E-state index in [9.17, 15) is 9.18 Å². The maximum atomic E-state index is 12.9. The summed E-state index contributed by atoms with van der Waals surface area (Å²) in [6, 6.07) is 10.9. The number of nitrogens with zero attached hydrogens (tertiary/aromatic N) is 4. The van der Waals surface area contributed by atoms with Crippen LogP contribution in [0.15, 0.2) is 42.5 Å². The first kappa shape index (κ1) is 14.9. The number of fused-ring (bicyclic) bond motifs is 1. The van der Waals surface area contributed by atoms with Gasteiger partial charge >= 0.3 is 0 Å². The molecule has 2 aromatic heterocycles. The first-order chi connectivity index (χ1) is 12.2. The second-order valence-electron chi connectivity index (χ2n) is 5.32. The highest BCUT2D eigenvalue weighted by Crippen LogP contribution is 2.15. The Hall–Kier alpha value is -3.62. The fraction of sp³-hybridized carbons (Fsp3) is 0.0625. The molecule has 0 atom stereocenters. The zero-order chi connectivity index (χ0) is 17.2. The van der Waals surface area contributed by atoms with Crippen LogP contribution >= 0.6 is 0 Å². The van der Waals surface area contributed by atoms with Crippen molar-refractivity contribution in [3.63, 3.8) is 0 Å². The van der Waals surface area contributed by atoms with Crippen LogP contribution in [-0.2, 0) is 6.54 Å². The van der Waals surface area contributed by atoms with Gasteiger partial charge in [0, 0.05) is 11.1 Å². The van der Waals surface area contributed by atoms with E-state index in [1.807, 2.05) is 0 Å². The zero-order valence-corrected chi connectivity index (χ0v) is 12.8. The van der Waals surface area contributed by atoms with Crippen molar-refractivity contribution in [3.8, 4) is 11.4 Å². The number of nitrogens with one attached hydrogen (secondary N) is 3. The Kier molecular flexibility index (Phi) is 3.65. The number of amides is 1. The Labute approximate surface area is 140 Å². The van der Waals surface area contributed by atoms with Gasteiger partial charge in [-0.25, -0.2) is 9.37 Å². The maximum Gasteiger partial charge on any atom is 0.251 e. The van der Waals surface area contributed by atoms with Crippen LogP contribution in [-0.4, -0.2) is 36.5 Å². The standard InChI is InChI=1S/C16H12FN7O/c17-11-4-1-9(2-5-11)15-19-14(22-23-15)8-18-16(25)10-3-6-12-13(7-10)21-24-20-12/h1-7H,8H2,(H,18,25)(H,19,22,23)(H,20,21,24). The fourth-order valence-electron chi connectivity index (χ4n) is 2.35. The Morgan fingerprint density at radius 1 is 1.04 bits per heavy atom. The van der Waals surface area contributed by atoms with Crippen molar-refractivity contribution in [1.82, 2.24) is 35.9 Å². The van der Waals surface area contributed by atoms with E-state index in [4.69, 9.17) is 0 Å². The lowest BCUT2D eigenvalue weighted by Crippen LogP contribution is -2.23. The third-order valence-electron chi connectivity index (χ3n) is 3.63. The molecular weight excluding hydrogens is 325 g/mol. The number of rotatable bonds is 4. The molecule has 8 nitrogen and oxygen atoms in total. The molecule has 0 radical (unpaired) electrons. The van der Waals surface area contributed by atoms with Crippen molar-refractivity contribution >= 4 is 16.9 Å². The summed E-state index contributed by atoms with van der Waals surface area (Å²) >= 11 is 0. The molecule has 9 heteroatoms. The van der Waals surface area contributed by atoms with E-state index in [0.29, 0.717) is 33.8 Å². The van der Waals surface area contributed by atoms with Gasteiger partial charge in [-0.1, -0.05) is 0 Å². The van der Waals surface area contributed by atoms with Gasteiger partial charge in [-0.3, -0.25) is 9.89 Å². The molecule has 4 rings (SSSR count).